The maximum absolute atomic E-state index is 13.9. The predicted octanol–water partition coefficient (Wildman–Crippen LogP) is 2.74. The Kier molecular flexibility index (Phi) is 7.43. The summed E-state index contributed by atoms with van der Waals surface area (Å²) in [6.45, 7) is 2.53. The summed E-state index contributed by atoms with van der Waals surface area (Å²) < 4.78 is 19.1. The molecule has 2 N–H and O–H groups in total. The van der Waals surface area contributed by atoms with Crippen molar-refractivity contribution in [2.75, 3.05) is 39.8 Å². The monoisotopic (exact) mass is 602 g/mol. The van der Waals surface area contributed by atoms with E-state index >= 15 is 0 Å². The number of rotatable bonds is 7. The number of benzene rings is 1. The maximum Gasteiger partial charge on any atom is 0.338 e. The molecule has 216 valence electrons. The van der Waals surface area contributed by atoms with Crippen LogP contribution in [0.5, 0.6) is 0 Å². The smallest absolute Gasteiger partial charge is 0.338 e. The Bertz CT molecular complexity index is 1450. The van der Waals surface area contributed by atoms with Crippen LogP contribution in [0.25, 0.3) is 0 Å². The number of nitrogens with one attached hydrogen (secondary N) is 1. The molecule has 2 aromatic rings. The van der Waals surface area contributed by atoms with Crippen molar-refractivity contribution in [2.45, 2.75) is 31.0 Å². The van der Waals surface area contributed by atoms with E-state index in [9.17, 15) is 23.9 Å². The number of amidine groups is 1. The van der Waals surface area contributed by atoms with Crippen LogP contribution in [-0.4, -0.2) is 101 Å². The van der Waals surface area contributed by atoms with Crippen LogP contribution in [0.3, 0.4) is 0 Å². The first-order chi connectivity index (χ1) is 19.7. The molecule has 0 bridgehead atoms. The number of fused-ring (bicyclic) bond motifs is 1. The molecule has 2 saturated heterocycles. The number of aliphatic imine (C=N–C) groups is 1. The van der Waals surface area contributed by atoms with Crippen molar-refractivity contribution in [1.82, 2.24) is 25.0 Å². The normalized spacial score (nSPS) is 26.3. The van der Waals surface area contributed by atoms with E-state index in [0.717, 1.165) is 0 Å². The van der Waals surface area contributed by atoms with Gasteiger partial charge in [0.05, 0.1) is 24.6 Å². The van der Waals surface area contributed by atoms with Crippen LogP contribution in [0.4, 0.5) is 9.18 Å². The number of esters is 1. The third-order valence-electron chi connectivity index (χ3n) is 8.17. The molecule has 2 amide bonds. The first-order valence-corrected chi connectivity index (χ1v) is 14.5. The van der Waals surface area contributed by atoms with Crippen LogP contribution in [0.2, 0.25) is 5.02 Å². The van der Waals surface area contributed by atoms with Gasteiger partial charge >= 0.3 is 18.0 Å². The predicted molar refractivity (Wildman–Crippen MR) is 148 cm³/mol. The van der Waals surface area contributed by atoms with Crippen LogP contribution < -0.4 is 5.32 Å². The number of piperazine rings is 1. The summed E-state index contributed by atoms with van der Waals surface area (Å²) >= 11 is 7.83. The average molecular weight is 603 g/mol. The average Bonchev–Trinajstić information content (AvgIpc) is 3.56. The summed E-state index contributed by atoms with van der Waals surface area (Å²) in [5, 5.41) is 15.1. The van der Waals surface area contributed by atoms with Gasteiger partial charge in [-0.25, -0.2) is 19.0 Å². The van der Waals surface area contributed by atoms with E-state index in [0.29, 0.717) is 67.7 Å². The summed E-state index contributed by atoms with van der Waals surface area (Å²) in [6.07, 6.45) is 2.62. The fourth-order valence-corrected chi connectivity index (χ4v) is 6.84. The molecule has 2 atom stereocenters. The highest BCUT2D eigenvalue weighted by Gasteiger charge is 2.48. The lowest BCUT2D eigenvalue weighted by molar-refractivity contribution is -0.146. The molecule has 4 heterocycles. The topological polar surface area (TPSA) is 128 Å². The zero-order valence-corrected chi connectivity index (χ0v) is 23.7. The van der Waals surface area contributed by atoms with Gasteiger partial charge in [0.2, 0.25) is 0 Å². The Morgan fingerprint density at radius 1 is 1.22 bits per heavy atom. The summed E-state index contributed by atoms with van der Waals surface area (Å²) in [4.78, 5) is 52.5. The Morgan fingerprint density at radius 2 is 2.02 bits per heavy atom. The van der Waals surface area contributed by atoms with E-state index in [-0.39, 0.29) is 34.6 Å². The lowest BCUT2D eigenvalue weighted by atomic mass is 9.79. The summed E-state index contributed by atoms with van der Waals surface area (Å²) in [7, 11) is 1.29. The van der Waals surface area contributed by atoms with Crippen molar-refractivity contribution < 1.29 is 28.6 Å². The highest BCUT2D eigenvalue weighted by Crippen LogP contribution is 2.38. The molecule has 1 unspecified atom stereocenters. The highest BCUT2D eigenvalue weighted by atomic mass is 35.5. The molecule has 6 rings (SSSR count). The zero-order valence-electron chi connectivity index (χ0n) is 22.1. The number of nitrogens with zero attached hydrogens (tertiary/aromatic N) is 5. The number of carboxylic acid groups (broad SMARTS) is 1. The maximum atomic E-state index is 13.9. The molecule has 3 fully saturated rings. The minimum atomic E-state index is -0.851. The number of amides is 2. The number of urea groups is 1. The lowest BCUT2D eigenvalue weighted by Crippen LogP contribution is -2.53. The molecule has 1 saturated carbocycles. The molecule has 11 nitrogen and oxygen atoms in total. The molecular weight excluding hydrogens is 575 g/mol. The molecule has 1 aromatic carbocycles. The number of hydrogen-bond acceptors (Lipinski definition) is 9. The molecule has 0 spiro atoms. The molecule has 4 aliphatic rings. The Balaban J connectivity index is 1.26. The van der Waals surface area contributed by atoms with Gasteiger partial charge in [-0.15, -0.1) is 11.3 Å². The van der Waals surface area contributed by atoms with Gasteiger partial charge in [-0.3, -0.25) is 14.7 Å². The summed E-state index contributed by atoms with van der Waals surface area (Å²) in [5.74, 6) is -1.82. The fraction of sp³-hybridized carbons (Fsp3) is 0.444. The molecule has 14 heteroatoms. The number of thiazole rings is 1. The van der Waals surface area contributed by atoms with Gasteiger partial charge in [-0.1, -0.05) is 17.7 Å². The largest absolute Gasteiger partial charge is 0.481 e. The van der Waals surface area contributed by atoms with E-state index in [1.54, 1.807) is 6.20 Å². The number of ether oxygens (including phenoxy) is 1. The molecular formula is C27H28ClFN6O5S. The minimum absolute atomic E-state index is 0.0436. The molecule has 41 heavy (non-hydrogen) atoms. The molecule has 1 aliphatic carbocycles. The molecule has 0 radical (unpaired) electrons. The van der Waals surface area contributed by atoms with E-state index in [2.05, 4.69) is 15.2 Å². The van der Waals surface area contributed by atoms with Gasteiger partial charge in [0, 0.05) is 66.6 Å². The molecule has 1 aromatic heterocycles. The zero-order chi connectivity index (χ0) is 28.8. The number of aliphatic carboxylic acids is 1. The third-order valence-corrected chi connectivity index (χ3v) is 9.28. The number of methoxy groups -OCH3 is 1. The van der Waals surface area contributed by atoms with Gasteiger partial charge in [-0.05, 0) is 25.0 Å². The second-order valence-corrected chi connectivity index (χ2v) is 11.9. The standard InChI is InChI=1S/C27H28ClFN6O5S/c1-40-26(38)21-20(31-23(24-30-4-7-41-24)32-22(21)18-3-2-15(29)10-19(18)28)13-33-5-6-34-17(11-33)12-35(27(34)39)16-8-14(9-16)25(36)37/h2-4,7,10,14,16-17,22H,5-6,8-9,11-13H2,1H3,(H,31,32)(H,36,37)/t14-,16+,17?,22-/m0/s1. The van der Waals surface area contributed by atoms with Crippen molar-refractivity contribution >= 4 is 46.7 Å². The second kappa shape index (κ2) is 11.0. The highest BCUT2D eigenvalue weighted by molar-refractivity contribution is 7.11. The van der Waals surface area contributed by atoms with Crippen molar-refractivity contribution in [3.05, 3.63) is 62.5 Å². The van der Waals surface area contributed by atoms with Gasteiger partial charge in [0.1, 0.15) is 11.9 Å². The SMILES string of the molecule is COC(=O)C1=C(CN2CCN3C(=O)N([C@H]4C[C@@H](C(=O)O)C4)CC3C2)NC(c2nccs2)=N[C@H]1c1ccc(F)cc1Cl. The lowest BCUT2D eigenvalue weighted by Gasteiger charge is -2.38. The van der Waals surface area contributed by atoms with E-state index in [1.807, 2.05) is 15.2 Å². The number of carboxylic acids is 1. The number of aromatic nitrogens is 1. The van der Waals surface area contributed by atoms with E-state index in [1.165, 1.54) is 36.6 Å². The summed E-state index contributed by atoms with van der Waals surface area (Å²) in [5.41, 5.74) is 1.30. The van der Waals surface area contributed by atoms with Gasteiger partial charge in [0.25, 0.3) is 0 Å². The number of carbonyl (C=O) groups is 3. The van der Waals surface area contributed by atoms with Crippen molar-refractivity contribution in [3.8, 4) is 0 Å². The van der Waals surface area contributed by atoms with Gasteiger partial charge < -0.3 is 25.0 Å². The fourth-order valence-electron chi connectivity index (χ4n) is 5.98. The van der Waals surface area contributed by atoms with Crippen molar-refractivity contribution in [1.29, 1.82) is 0 Å². The number of halogens is 2. The summed E-state index contributed by atoms with van der Waals surface area (Å²) in [6, 6.07) is 2.99. The number of carbonyl (C=O) groups excluding carboxylic acids is 2. The first-order valence-electron chi connectivity index (χ1n) is 13.3. The van der Waals surface area contributed by atoms with Gasteiger partial charge in [-0.2, -0.15) is 0 Å². The van der Waals surface area contributed by atoms with Gasteiger partial charge in [0.15, 0.2) is 10.8 Å². The second-order valence-electron chi connectivity index (χ2n) is 10.6. The van der Waals surface area contributed by atoms with E-state index in [4.69, 9.17) is 21.3 Å². The van der Waals surface area contributed by atoms with E-state index < -0.39 is 23.8 Å². The van der Waals surface area contributed by atoms with Crippen LogP contribution in [0.1, 0.15) is 29.5 Å². The Hall–Kier alpha value is -3.55. The van der Waals surface area contributed by atoms with Crippen molar-refractivity contribution in [2.24, 2.45) is 10.9 Å². The minimum Gasteiger partial charge on any atom is -0.481 e. The van der Waals surface area contributed by atoms with Crippen LogP contribution >= 0.6 is 22.9 Å². The molecule has 3 aliphatic heterocycles. The van der Waals surface area contributed by atoms with Crippen LogP contribution in [0.15, 0.2) is 46.0 Å². The Morgan fingerprint density at radius 3 is 2.71 bits per heavy atom. The Labute approximate surface area is 244 Å². The van der Waals surface area contributed by atoms with Crippen LogP contribution in [-0.2, 0) is 14.3 Å². The number of hydrogen-bond donors (Lipinski definition) is 2. The van der Waals surface area contributed by atoms with Crippen LogP contribution in [0, 0.1) is 11.7 Å². The first kappa shape index (κ1) is 27.6. The quantitative estimate of drug-likeness (QED) is 0.463. The third kappa shape index (κ3) is 5.17. The van der Waals surface area contributed by atoms with Crippen molar-refractivity contribution in [3.63, 3.8) is 0 Å².